The zero-order valence-electron chi connectivity index (χ0n) is 17.1. The SMILES string of the molecule is Cl.Cl.FC[C@@H](c1ccc(Oc2ccccc2)c(Oc2ccccc2)c1)N1CCNCC1. The molecule has 166 valence electrons. The number of hydrogen-bond acceptors (Lipinski definition) is 4. The van der Waals surface area contributed by atoms with Gasteiger partial charge in [-0.15, -0.1) is 24.8 Å². The maximum atomic E-state index is 14.0. The predicted molar refractivity (Wildman–Crippen MR) is 127 cm³/mol. The average Bonchev–Trinajstić information content (AvgIpc) is 2.78. The van der Waals surface area contributed by atoms with Gasteiger partial charge in [0.1, 0.15) is 18.2 Å². The predicted octanol–water partition coefficient (Wildman–Crippen LogP) is 6.03. The van der Waals surface area contributed by atoms with Gasteiger partial charge in [-0.3, -0.25) is 4.90 Å². The van der Waals surface area contributed by atoms with Gasteiger partial charge in [-0.1, -0.05) is 42.5 Å². The van der Waals surface area contributed by atoms with Gasteiger partial charge in [0.2, 0.25) is 0 Å². The Labute approximate surface area is 195 Å². The molecule has 3 aromatic carbocycles. The normalized spacial score (nSPS) is 14.6. The van der Waals surface area contributed by atoms with E-state index in [9.17, 15) is 4.39 Å². The number of nitrogens with one attached hydrogen (secondary N) is 1. The lowest BCUT2D eigenvalue weighted by Crippen LogP contribution is -2.45. The first kappa shape index (κ1) is 25.0. The molecule has 0 aliphatic carbocycles. The van der Waals surface area contributed by atoms with Crippen LogP contribution in [0.5, 0.6) is 23.0 Å². The zero-order valence-corrected chi connectivity index (χ0v) is 18.7. The molecule has 0 spiro atoms. The van der Waals surface area contributed by atoms with Crippen LogP contribution in [0.1, 0.15) is 11.6 Å². The van der Waals surface area contributed by atoms with Crippen LogP contribution in [0.2, 0.25) is 0 Å². The van der Waals surface area contributed by atoms with Crippen LogP contribution in [0, 0.1) is 0 Å². The van der Waals surface area contributed by atoms with Crippen molar-refractivity contribution in [1.29, 1.82) is 0 Å². The van der Waals surface area contributed by atoms with Crippen LogP contribution in [0.3, 0.4) is 0 Å². The summed E-state index contributed by atoms with van der Waals surface area (Å²) in [6.45, 7) is 2.96. The highest BCUT2D eigenvalue weighted by Crippen LogP contribution is 2.38. The Kier molecular flexibility index (Phi) is 10.1. The Balaban J connectivity index is 0.00000171. The van der Waals surface area contributed by atoms with E-state index in [0.29, 0.717) is 17.2 Å². The molecule has 31 heavy (non-hydrogen) atoms. The van der Waals surface area contributed by atoms with Crippen LogP contribution < -0.4 is 14.8 Å². The van der Waals surface area contributed by atoms with Crippen LogP contribution in [0.4, 0.5) is 4.39 Å². The third-order valence-electron chi connectivity index (χ3n) is 5.03. The van der Waals surface area contributed by atoms with Crippen molar-refractivity contribution in [2.45, 2.75) is 6.04 Å². The van der Waals surface area contributed by atoms with E-state index in [1.54, 1.807) is 0 Å². The van der Waals surface area contributed by atoms with E-state index in [1.807, 2.05) is 78.9 Å². The van der Waals surface area contributed by atoms with Crippen molar-refractivity contribution in [1.82, 2.24) is 10.2 Å². The number of para-hydroxylation sites is 2. The van der Waals surface area contributed by atoms with E-state index in [-0.39, 0.29) is 30.9 Å². The monoisotopic (exact) mass is 464 g/mol. The molecule has 1 aliphatic rings. The van der Waals surface area contributed by atoms with E-state index in [1.165, 1.54) is 0 Å². The van der Waals surface area contributed by atoms with Gasteiger partial charge >= 0.3 is 0 Å². The number of rotatable bonds is 7. The van der Waals surface area contributed by atoms with Crippen molar-refractivity contribution in [2.75, 3.05) is 32.9 Å². The van der Waals surface area contributed by atoms with Crippen LogP contribution >= 0.6 is 24.8 Å². The standard InChI is InChI=1S/C24H25FN2O2.2ClH/c25-18-22(27-15-13-26-14-16-27)19-11-12-23(28-20-7-3-1-4-8-20)24(17-19)29-21-9-5-2-6-10-21;;/h1-12,17,22,26H,13-16,18H2;2*1H/t22-;;/m0../s1. The molecule has 4 rings (SSSR count). The molecule has 0 radical (unpaired) electrons. The summed E-state index contributed by atoms with van der Waals surface area (Å²) in [5.74, 6) is 2.61. The molecule has 0 saturated carbocycles. The molecule has 1 aliphatic heterocycles. The molecule has 7 heteroatoms. The molecule has 0 aromatic heterocycles. The van der Waals surface area contributed by atoms with E-state index in [2.05, 4.69) is 10.2 Å². The number of benzene rings is 3. The number of alkyl halides is 1. The fraction of sp³-hybridized carbons (Fsp3) is 0.250. The molecule has 3 aromatic rings. The van der Waals surface area contributed by atoms with Crippen molar-refractivity contribution >= 4 is 24.8 Å². The molecular formula is C24H27Cl2FN2O2. The summed E-state index contributed by atoms with van der Waals surface area (Å²) in [5.41, 5.74) is 0.890. The second-order valence-electron chi connectivity index (χ2n) is 6.99. The lowest BCUT2D eigenvalue weighted by atomic mass is 10.0. The molecule has 1 heterocycles. The molecule has 1 saturated heterocycles. The smallest absolute Gasteiger partial charge is 0.170 e. The summed E-state index contributed by atoms with van der Waals surface area (Å²) in [7, 11) is 0. The van der Waals surface area contributed by atoms with Gasteiger partial charge in [0.25, 0.3) is 0 Å². The highest BCUT2D eigenvalue weighted by Gasteiger charge is 2.23. The molecule has 4 nitrogen and oxygen atoms in total. The minimum atomic E-state index is -0.441. The Morgan fingerprint density at radius 2 is 1.32 bits per heavy atom. The first-order chi connectivity index (χ1) is 14.3. The van der Waals surface area contributed by atoms with Gasteiger partial charge in [0.05, 0.1) is 6.04 Å². The van der Waals surface area contributed by atoms with E-state index in [0.717, 1.165) is 37.5 Å². The third-order valence-corrected chi connectivity index (χ3v) is 5.03. The number of hydrogen-bond donors (Lipinski definition) is 1. The summed E-state index contributed by atoms with van der Waals surface area (Å²) in [6, 6.07) is 24.5. The molecule has 0 unspecified atom stereocenters. The number of ether oxygens (including phenoxy) is 2. The molecule has 1 N–H and O–H groups in total. The first-order valence-electron chi connectivity index (χ1n) is 9.94. The van der Waals surface area contributed by atoms with Crippen molar-refractivity contribution in [3.05, 3.63) is 84.4 Å². The average molecular weight is 465 g/mol. The summed E-state index contributed by atoms with van der Waals surface area (Å²) in [6.07, 6.45) is 0. The maximum absolute atomic E-state index is 14.0. The summed E-state index contributed by atoms with van der Waals surface area (Å²) < 4.78 is 26.2. The van der Waals surface area contributed by atoms with Crippen molar-refractivity contribution in [3.63, 3.8) is 0 Å². The second kappa shape index (κ2) is 12.5. The van der Waals surface area contributed by atoms with Gasteiger partial charge < -0.3 is 14.8 Å². The molecule has 0 bridgehead atoms. The fourth-order valence-corrected chi connectivity index (χ4v) is 3.52. The topological polar surface area (TPSA) is 33.7 Å². The number of halogens is 3. The van der Waals surface area contributed by atoms with Crippen molar-refractivity contribution in [2.24, 2.45) is 0 Å². The number of piperazine rings is 1. The lowest BCUT2D eigenvalue weighted by molar-refractivity contribution is 0.147. The van der Waals surface area contributed by atoms with Crippen molar-refractivity contribution < 1.29 is 13.9 Å². The van der Waals surface area contributed by atoms with E-state index >= 15 is 0 Å². The van der Waals surface area contributed by atoms with Gasteiger partial charge in [0, 0.05) is 26.2 Å². The van der Waals surface area contributed by atoms with Gasteiger partial charge in [0.15, 0.2) is 11.5 Å². The van der Waals surface area contributed by atoms with Gasteiger partial charge in [-0.2, -0.15) is 0 Å². The molecule has 1 fully saturated rings. The molecule has 0 amide bonds. The van der Waals surface area contributed by atoms with Crippen LogP contribution in [-0.4, -0.2) is 37.8 Å². The maximum Gasteiger partial charge on any atom is 0.170 e. The Bertz CT molecular complexity index is 910. The Hall–Kier alpha value is -2.31. The lowest BCUT2D eigenvalue weighted by Gasteiger charge is -2.33. The van der Waals surface area contributed by atoms with Gasteiger partial charge in [-0.05, 0) is 42.0 Å². The largest absolute Gasteiger partial charge is 0.453 e. The van der Waals surface area contributed by atoms with E-state index < -0.39 is 6.67 Å². The third kappa shape index (κ3) is 6.58. The summed E-state index contributed by atoms with van der Waals surface area (Å²) in [4.78, 5) is 2.18. The number of nitrogens with zero attached hydrogens (tertiary/aromatic N) is 1. The Morgan fingerprint density at radius 3 is 1.87 bits per heavy atom. The highest BCUT2D eigenvalue weighted by atomic mass is 35.5. The minimum absolute atomic E-state index is 0. The van der Waals surface area contributed by atoms with E-state index in [4.69, 9.17) is 9.47 Å². The first-order valence-corrected chi connectivity index (χ1v) is 9.94. The van der Waals surface area contributed by atoms with Crippen LogP contribution in [-0.2, 0) is 0 Å². The molecule has 1 atom stereocenters. The van der Waals surface area contributed by atoms with Crippen molar-refractivity contribution in [3.8, 4) is 23.0 Å². The molecular weight excluding hydrogens is 438 g/mol. The Morgan fingerprint density at radius 1 is 0.774 bits per heavy atom. The van der Waals surface area contributed by atoms with Gasteiger partial charge in [-0.25, -0.2) is 4.39 Å². The van der Waals surface area contributed by atoms with Crippen LogP contribution in [0.15, 0.2) is 78.9 Å². The fourth-order valence-electron chi connectivity index (χ4n) is 3.52. The quantitative estimate of drug-likeness (QED) is 0.462. The summed E-state index contributed by atoms with van der Waals surface area (Å²) >= 11 is 0. The minimum Gasteiger partial charge on any atom is -0.453 e. The highest BCUT2D eigenvalue weighted by molar-refractivity contribution is 5.85. The van der Waals surface area contributed by atoms with Crippen LogP contribution in [0.25, 0.3) is 0 Å². The second-order valence-corrected chi connectivity index (χ2v) is 6.99. The summed E-state index contributed by atoms with van der Waals surface area (Å²) in [5, 5.41) is 3.32. The zero-order chi connectivity index (χ0) is 19.9.